The summed E-state index contributed by atoms with van der Waals surface area (Å²) in [6.07, 6.45) is 3.23. The van der Waals surface area contributed by atoms with E-state index >= 15 is 0 Å². The van der Waals surface area contributed by atoms with E-state index in [-0.39, 0.29) is 22.4 Å². The number of aromatic nitrogens is 2. The van der Waals surface area contributed by atoms with E-state index in [9.17, 15) is 19.6 Å². The summed E-state index contributed by atoms with van der Waals surface area (Å²) < 4.78 is 15.1. The van der Waals surface area contributed by atoms with Gasteiger partial charge in [0.25, 0.3) is 0 Å². The van der Waals surface area contributed by atoms with Crippen molar-refractivity contribution < 1.29 is 14.3 Å². The van der Waals surface area contributed by atoms with Crippen molar-refractivity contribution in [1.82, 2.24) is 9.38 Å². The molecule has 2 aromatic heterocycles. The number of aromatic hydroxyl groups is 1. The highest BCUT2D eigenvalue weighted by Crippen LogP contribution is 2.25. The Hall–Kier alpha value is -3.98. The fourth-order valence-electron chi connectivity index (χ4n) is 2.90. The molecule has 2 aromatic carbocycles. The lowest BCUT2D eigenvalue weighted by Gasteiger charge is -2.06. The number of hydrogen-bond donors (Lipinski definition) is 1. The number of phenols is 1. The molecule has 4 rings (SSSR count). The summed E-state index contributed by atoms with van der Waals surface area (Å²) in [6, 6.07) is 16.0. The highest BCUT2D eigenvalue weighted by Gasteiger charge is 2.18. The van der Waals surface area contributed by atoms with Gasteiger partial charge < -0.3 is 9.51 Å². The fraction of sp³-hybridized carbons (Fsp3) is 0. The smallest absolute Gasteiger partial charge is 0.198 e. The highest BCUT2D eigenvalue weighted by atomic mass is 19.1. The van der Waals surface area contributed by atoms with Crippen molar-refractivity contribution in [2.45, 2.75) is 0 Å². The first-order valence-electron chi connectivity index (χ1n) is 8.08. The molecule has 0 bridgehead atoms. The minimum Gasteiger partial charge on any atom is -0.507 e. The van der Waals surface area contributed by atoms with Gasteiger partial charge in [-0.3, -0.25) is 4.79 Å². The number of halogens is 1. The molecule has 0 aliphatic carbocycles. The van der Waals surface area contributed by atoms with Crippen molar-refractivity contribution in [2.24, 2.45) is 0 Å². The maximum Gasteiger partial charge on any atom is 0.198 e. The summed E-state index contributed by atoms with van der Waals surface area (Å²) in [5.41, 5.74) is 2.14. The van der Waals surface area contributed by atoms with Gasteiger partial charge in [0.1, 0.15) is 17.6 Å². The normalized spacial score (nSPS) is 10.7. The van der Waals surface area contributed by atoms with Crippen LogP contribution in [0.2, 0.25) is 0 Å². The topological polar surface area (TPSA) is 78.4 Å². The standard InChI is InChI=1S/C21H12FN3O2/c22-16-6-7-19(26)17(9-16)20(27)15-8-14(10-23)21-24-18(12-25(21)11-15)13-4-2-1-3-5-13/h1-9,11-12,26H. The number of benzene rings is 2. The molecule has 0 atom stereocenters. The summed E-state index contributed by atoms with van der Waals surface area (Å²) in [7, 11) is 0. The number of nitriles is 1. The number of pyridine rings is 1. The van der Waals surface area contributed by atoms with Crippen LogP contribution in [0.5, 0.6) is 5.75 Å². The summed E-state index contributed by atoms with van der Waals surface area (Å²) in [4.78, 5) is 17.2. The third kappa shape index (κ3) is 2.92. The molecule has 2 heterocycles. The van der Waals surface area contributed by atoms with Gasteiger partial charge in [-0.25, -0.2) is 9.37 Å². The minimum absolute atomic E-state index is 0.150. The number of nitrogens with zero attached hydrogens (tertiary/aromatic N) is 3. The molecule has 0 saturated carbocycles. The largest absolute Gasteiger partial charge is 0.507 e. The Kier molecular flexibility index (Phi) is 3.90. The molecule has 5 nitrogen and oxygen atoms in total. The zero-order chi connectivity index (χ0) is 19.0. The average Bonchev–Trinajstić information content (AvgIpc) is 3.13. The van der Waals surface area contributed by atoms with Crippen LogP contribution >= 0.6 is 0 Å². The van der Waals surface area contributed by atoms with Gasteiger partial charge in [-0.05, 0) is 24.3 Å². The van der Waals surface area contributed by atoms with Crippen LogP contribution in [0.4, 0.5) is 4.39 Å². The maximum atomic E-state index is 13.5. The second kappa shape index (κ2) is 6.39. The number of ketones is 1. The monoisotopic (exact) mass is 357 g/mol. The lowest BCUT2D eigenvalue weighted by molar-refractivity contribution is 0.103. The lowest BCUT2D eigenvalue weighted by Crippen LogP contribution is -2.05. The Bertz CT molecular complexity index is 1220. The molecular weight excluding hydrogens is 345 g/mol. The van der Waals surface area contributed by atoms with Crippen LogP contribution in [-0.2, 0) is 0 Å². The van der Waals surface area contributed by atoms with E-state index in [2.05, 4.69) is 4.98 Å². The van der Waals surface area contributed by atoms with Gasteiger partial charge in [-0.1, -0.05) is 30.3 Å². The van der Waals surface area contributed by atoms with E-state index in [1.165, 1.54) is 12.3 Å². The second-order valence-corrected chi connectivity index (χ2v) is 5.97. The molecule has 27 heavy (non-hydrogen) atoms. The molecule has 1 N–H and O–H groups in total. The van der Waals surface area contributed by atoms with Gasteiger partial charge in [0.2, 0.25) is 0 Å². The first-order valence-corrected chi connectivity index (χ1v) is 8.08. The summed E-state index contributed by atoms with van der Waals surface area (Å²) >= 11 is 0. The van der Waals surface area contributed by atoms with Crippen molar-refractivity contribution in [3.8, 4) is 23.1 Å². The molecule has 0 saturated heterocycles. The van der Waals surface area contributed by atoms with Gasteiger partial charge in [0.05, 0.1) is 16.8 Å². The van der Waals surface area contributed by atoms with Gasteiger partial charge in [-0.2, -0.15) is 5.26 Å². The van der Waals surface area contributed by atoms with Gasteiger partial charge in [0.15, 0.2) is 11.4 Å². The predicted molar refractivity (Wildman–Crippen MR) is 96.8 cm³/mol. The van der Waals surface area contributed by atoms with E-state index in [1.54, 1.807) is 10.6 Å². The van der Waals surface area contributed by atoms with Crippen LogP contribution in [0.3, 0.4) is 0 Å². The lowest BCUT2D eigenvalue weighted by atomic mass is 10.0. The molecule has 0 unspecified atom stereocenters. The van der Waals surface area contributed by atoms with E-state index in [4.69, 9.17) is 0 Å². The average molecular weight is 357 g/mol. The zero-order valence-corrected chi connectivity index (χ0v) is 13.9. The molecule has 0 amide bonds. The van der Waals surface area contributed by atoms with E-state index < -0.39 is 11.6 Å². The molecule has 4 aromatic rings. The molecule has 0 spiro atoms. The molecular formula is C21H12FN3O2. The number of hydrogen-bond acceptors (Lipinski definition) is 4. The number of carbonyl (C=O) groups is 1. The van der Waals surface area contributed by atoms with Crippen LogP contribution in [0, 0.1) is 17.1 Å². The van der Waals surface area contributed by atoms with Crippen LogP contribution in [0.15, 0.2) is 67.0 Å². The predicted octanol–water partition coefficient (Wildman–Crippen LogP) is 3.95. The Labute approximate surface area is 153 Å². The first kappa shape index (κ1) is 16.5. The van der Waals surface area contributed by atoms with Gasteiger partial charge >= 0.3 is 0 Å². The Morgan fingerprint density at radius 2 is 1.89 bits per heavy atom. The van der Waals surface area contributed by atoms with Crippen LogP contribution in [-0.4, -0.2) is 20.3 Å². The van der Waals surface area contributed by atoms with E-state index in [0.717, 1.165) is 23.8 Å². The highest BCUT2D eigenvalue weighted by molar-refractivity contribution is 6.10. The fourth-order valence-corrected chi connectivity index (χ4v) is 2.90. The van der Waals surface area contributed by atoms with Gasteiger partial charge in [0, 0.05) is 23.5 Å². The summed E-state index contributed by atoms with van der Waals surface area (Å²) in [6.45, 7) is 0. The molecule has 0 aliphatic heterocycles. The Balaban J connectivity index is 1.87. The Morgan fingerprint density at radius 1 is 1.11 bits per heavy atom. The van der Waals surface area contributed by atoms with Gasteiger partial charge in [-0.15, -0.1) is 0 Å². The Morgan fingerprint density at radius 3 is 2.63 bits per heavy atom. The minimum atomic E-state index is -0.633. The summed E-state index contributed by atoms with van der Waals surface area (Å²) in [5, 5.41) is 19.4. The SMILES string of the molecule is N#Cc1cc(C(=O)c2cc(F)ccc2O)cn2cc(-c3ccccc3)nc12. The van der Waals surface area contributed by atoms with Crippen LogP contribution in [0.25, 0.3) is 16.9 Å². The molecule has 0 fully saturated rings. The molecule has 0 radical (unpaired) electrons. The molecule has 0 aliphatic rings. The van der Waals surface area contributed by atoms with Crippen LogP contribution < -0.4 is 0 Å². The van der Waals surface area contributed by atoms with Crippen molar-refractivity contribution in [1.29, 1.82) is 5.26 Å². The first-order chi connectivity index (χ1) is 13.1. The number of phenolic OH excluding ortho intramolecular Hbond substituents is 1. The number of rotatable bonds is 3. The summed E-state index contributed by atoms with van der Waals surface area (Å²) in [5.74, 6) is -1.54. The third-order valence-electron chi connectivity index (χ3n) is 4.21. The van der Waals surface area contributed by atoms with Crippen molar-refractivity contribution in [3.05, 3.63) is 89.5 Å². The number of carbonyl (C=O) groups excluding carboxylic acids is 1. The van der Waals surface area contributed by atoms with E-state index in [0.29, 0.717) is 11.3 Å². The van der Waals surface area contributed by atoms with Crippen molar-refractivity contribution in [3.63, 3.8) is 0 Å². The maximum absolute atomic E-state index is 13.5. The quantitative estimate of drug-likeness (QED) is 0.563. The van der Waals surface area contributed by atoms with E-state index in [1.807, 2.05) is 36.4 Å². The number of fused-ring (bicyclic) bond motifs is 1. The number of imidazole rings is 1. The molecule has 130 valence electrons. The molecule has 6 heteroatoms. The third-order valence-corrected chi connectivity index (χ3v) is 4.21. The van der Waals surface area contributed by atoms with Crippen molar-refractivity contribution >= 4 is 11.4 Å². The van der Waals surface area contributed by atoms with Crippen LogP contribution in [0.1, 0.15) is 21.5 Å². The zero-order valence-electron chi connectivity index (χ0n) is 13.9. The van der Waals surface area contributed by atoms with Crippen molar-refractivity contribution in [2.75, 3.05) is 0 Å². The second-order valence-electron chi connectivity index (χ2n) is 5.97.